The van der Waals surface area contributed by atoms with Gasteiger partial charge in [0.1, 0.15) is 18.1 Å². The van der Waals surface area contributed by atoms with Crippen molar-refractivity contribution in [2.24, 2.45) is 5.73 Å². The largest absolute Gasteiger partial charge is 0.480 e. The molecule has 0 spiro atoms. The first-order valence-corrected chi connectivity index (χ1v) is 8.46. The fourth-order valence-corrected chi connectivity index (χ4v) is 2.16. The van der Waals surface area contributed by atoms with Crippen molar-refractivity contribution in [3.05, 3.63) is 18.2 Å². The van der Waals surface area contributed by atoms with E-state index in [0.29, 0.717) is 5.69 Å². The average molecular weight is 402 g/mol. The van der Waals surface area contributed by atoms with Crippen molar-refractivity contribution in [1.29, 1.82) is 0 Å². The van der Waals surface area contributed by atoms with Gasteiger partial charge in [-0.1, -0.05) is 0 Å². The first-order valence-electron chi connectivity index (χ1n) is 7.83. The Kier molecular flexibility index (Phi) is 9.25. The molecular formula is C14H22N6O6S. The molecule has 1 aromatic rings. The summed E-state index contributed by atoms with van der Waals surface area (Å²) < 4.78 is 0. The minimum absolute atomic E-state index is 0.0348. The Morgan fingerprint density at radius 1 is 1.22 bits per heavy atom. The van der Waals surface area contributed by atoms with Crippen LogP contribution in [0.1, 0.15) is 5.69 Å². The predicted molar refractivity (Wildman–Crippen MR) is 95.7 cm³/mol. The number of H-pyrrole nitrogens is 1. The number of nitrogens with zero attached hydrogens (tertiary/aromatic N) is 1. The molecule has 0 bridgehead atoms. The third kappa shape index (κ3) is 7.64. The second-order valence-electron chi connectivity index (χ2n) is 5.47. The van der Waals surface area contributed by atoms with Crippen molar-refractivity contribution in [2.75, 3.05) is 18.9 Å². The molecule has 0 saturated carbocycles. The molecule has 12 nitrogen and oxygen atoms in total. The molecule has 150 valence electrons. The average Bonchev–Trinajstić information content (AvgIpc) is 3.15. The number of hydrogen-bond donors (Lipinski definition) is 8. The topological polar surface area (TPSA) is 200 Å². The van der Waals surface area contributed by atoms with E-state index in [0.717, 1.165) is 0 Å². The number of imidazole rings is 1. The maximum Gasteiger partial charge on any atom is 0.326 e. The number of carbonyl (C=O) groups excluding carboxylic acids is 3. The van der Waals surface area contributed by atoms with Gasteiger partial charge in [-0.05, 0) is 0 Å². The lowest BCUT2D eigenvalue weighted by molar-refractivity contribution is -0.141. The number of aliphatic hydroxyl groups is 1. The fraction of sp³-hybridized carbons (Fsp3) is 0.500. The van der Waals surface area contributed by atoms with E-state index in [1.54, 1.807) is 0 Å². The maximum absolute atomic E-state index is 12.0. The van der Waals surface area contributed by atoms with Gasteiger partial charge in [-0.15, -0.1) is 0 Å². The molecule has 1 heterocycles. The van der Waals surface area contributed by atoms with Crippen LogP contribution < -0.4 is 21.7 Å². The molecule has 13 heteroatoms. The second-order valence-corrected chi connectivity index (χ2v) is 5.84. The Morgan fingerprint density at radius 3 is 2.44 bits per heavy atom. The molecule has 27 heavy (non-hydrogen) atoms. The van der Waals surface area contributed by atoms with Gasteiger partial charge >= 0.3 is 5.97 Å². The zero-order valence-corrected chi connectivity index (χ0v) is 15.1. The Balaban J connectivity index is 2.51. The van der Waals surface area contributed by atoms with Gasteiger partial charge in [0.2, 0.25) is 17.7 Å². The van der Waals surface area contributed by atoms with Gasteiger partial charge in [0.25, 0.3) is 0 Å². The lowest BCUT2D eigenvalue weighted by Crippen LogP contribution is -2.55. The number of aromatic nitrogens is 2. The van der Waals surface area contributed by atoms with Crippen LogP contribution in [0.2, 0.25) is 0 Å². The van der Waals surface area contributed by atoms with Crippen molar-refractivity contribution in [3.63, 3.8) is 0 Å². The number of aromatic amines is 1. The van der Waals surface area contributed by atoms with Gasteiger partial charge in [0.05, 0.1) is 25.2 Å². The van der Waals surface area contributed by atoms with E-state index in [-0.39, 0.29) is 12.2 Å². The van der Waals surface area contributed by atoms with Crippen molar-refractivity contribution >= 4 is 36.3 Å². The number of rotatable bonds is 11. The molecule has 0 aliphatic heterocycles. The van der Waals surface area contributed by atoms with Crippen molar-refractivity contribution in [2.45, 2.75) is 24.5 Å². The van der Waals surface area contributed by atoms with E-state index in [1.165, 1.54) is 12.5 Å². The molecule has 0 aromatic carbocycles. The van der Waals surface area contributed by atoms with E-state index >= 15 is 0 Å². The zero-order valence-electron chi connectivity index (χ0n) is 14.2. The summed E-state index contributed by atoms with van der Waals surface area (Å²) in [7, 11) is 0. The second kappa shape index (κ2) is 11.2. The van der Waals surface area contributed by atoms with Gasteiger partial charge in [-0.25, -0.2) is 9.78 Å². The SMILES string of the molecule is N[C@@H](CO)C(=O)N[C@@H](CS)C(=O)NCC(=O)N[C@@H](Cc1c[nH]cn1)C(=O)O. The van der Waals surface area contributed by atoms with E-state index in [9.17, 15) is 19.2 Å². The van der Waals surface area contributed by atoms with Crippen LogP contribution in [0.25, 0.3) is 0 Å². The summed E-state index contributed by atoms with van der Waals surface area (Å²) >= 11 is 3.94. The van der Waals surface area contributed by atoms with Gasteiger partial charge in [-0.2, -0.15) is 12.6 Å². The summed E-state index contributed by atoms with van der Waals surface area (Å²) in [4.78, 5) is 53.3. The molecule has 0 aliphatic rings. The van der Waals surface area contributed by atoms with Crippen LogP contribution in [0.4, 0.5) is 0 Å². The maximum atomic E-state index is 12.0. The molecule has 0 aliphatic carbocycles. The number of amides is 3. The third-order valence-electron chi connectivity index (χ3n) is 3.37. The summed E-state index contributed by atoms with van der Waals surface area (Å²) in [6, 6.07) is -3.49. The Bertz CT molecular complexity index is 655. The Labute approximate surface area is 159 Å². The van der Waals surface area contributed by atoms with Crippen LogP contribution in [0, 0.1) is 0 Å². The van der Waals surface area contributed by atoms with Gasteiger partial charge in [0.15, 0.2) is 0 Å². The molecule has 3 amide bonds. The van der Waals surface area contributed by atoms with Crippen LogP contribution in [0.5, 0.6) is 0 Å². The van der Waals surface area contributed by atoms with Crippen LogP contribution in [-0.4, -0.2) is 80.9 Å². The Hall–Kier alpha value is -2.64. The molecule has 0 radical (unpaired) electrons. The lowest BCUT2D eigenvalue weighted by Gasteiger charge is -2.19. The Morgan fingerprint density at radius 2 is 1.93 bits per heavy atom. The van der Waals surface area contributed by atoms with E-state index in [2.05, 4.69) is 38.5 Å². The first kappa shape index (κ1) is 22.4. The molecule has 3 atom stereocenters. The minimum Gasteiger partial charge on any atom is -0.480 e. The third-order valence-corrected chi connectivity index (χ3v) is 3.74. The fourth-order valence-electron chi connectivity index (χ4n) is 1.90. The number of hydrogen-bond acceptors (Lipinski definition) is 8. The van der Waals surface area contributed by atoms with Crippen LogP contribution in [-0.2, 0) is 25.6 Å². The molecule has 8 N–H and O–H groups in total. The summed E-state index contributed by atoms with van der Waals surface area (Å²) in [5.74, 6) is -3.52. The summed E-state index contributed by atoms with van der Waals surface area (Å²) in [6.07, 6.45) is 2.85. The van der Waals surface area contributed by atoms with Gasteiger partial charge in [0, 0.05) is 18.4 Å². The quantitative estimate of drug-likeness (QED) is 0.173. The van der Waals surface area contributed by atoms with Crippen molar-refractivity contribution in [3.8, 4) is 0 Å². The molecule has 0 fully saturated rings. The monoisotopic (exact) mass is 402 g/mol. The van der Waals surface area contributed by atoms with Gasteiger partial charge < -0.3 is 36.9 Å². The number of thiol groups is 1. The molecular weight excluding hydrogens is 380 g/mol. The van der Waals surface area contributed by atoms with E-state index in [4.69, 9.17) is 15.9 Å². The highest BCUT2D eigenvalue weighted by Crippen LogP contribution is 1.99. The number of aliphatic carboxylic acids is 1. The number of carboxylic acids is 1. The van der Waals surface area contributed by atoms with Crippen molar-refractivity contribution in [1.82, 2.24) is 25.9 Å². The molecule has 0 unspecified atom stereocenters. The predicted octanol–water partition coefficient (Wildman–Crippen LogP) is -3.63. The van der Waals surface area contributed by atoms with Crippen LogP contribution in [0.15, 0.2) is 12.5 Å². The highest BCUT2D eigenvalue weighted by molar-refractivity contribution is 7.80. The molecule has 0 saturated heterocycles. The standard InChI is InChI=1S/C14H22N6O6S/c15-8(4-21)12(23)20-10(5-27)13(24)17-3-11(22)19-9(14(25)26)1-7-2-16-6-18-7/h2,6,8-10,21,27H,1,3-5,15H2,(H,16,18)(H,17,24)(H,19,22)(H,20,23)(H,25,26)/t8-,9-,10-/m0/s1. The number of carboxylic acid groups (broad SMARTS) is 1. The molecule has 1 rings (SSSR count). The van der Waals surface area contributed by atoms with Crippen LogP contribution >= 0.6 is 12.6 Å². The number of nitrogens with one attached hydrogen (secondary N) is 4. The minimum atomic E-state index is -1.25. The summed E-state index contributed by atoms with van der Waals surface area (Å²) in [6.45, 7) is -1.10. The first-order chi connectivity index (χ1) is 12.8. The highest BCUT2D eigenvalue weighted by atomic mass is 32.1. The number of carbonyl (C=O) groups is 4. The smallest absolute Gasteiger partial charge is 0.326 e. The van der Waals surface area contributed by atoms with E-state index in [1.807, 2.05) is 0 Å². The number of nitrogens with two attached hydrogens (primary N) is 1. The number of aliphatic hydroxyl groups excluding tert-OH is 1. The zero-order chi connectivity index (χ0) is 20.4. The molecule has 1 aromatic heterocycles. The summed E-state index contributed by atoms with van der Waals surface area (Å²) in [5.41, 5.74) is 5.78. The van der Waals surface area contributed by atoms with Gasteiger partial charge in [-0.3, -0.25) is 14.4 Å². The van der Waals surface area contributed by atoms with Crippen molar-refractivity contribution < 1.29 is 29.4 Å². The highest BCUT2D eigenvalue weighted by Gasteiger charge is 2.24. The lowest BCUT2D eigenvalue weighted by atomic mass is 10.1. The van der Waals surface area contributed by atoms with Crippen LogP contribution in [0.3, 0.4) is 0 Å². The summed E-state index contributed by atoms with van der Waals surface area (Å²) in [5, 5.41) is 24.8. The normalized spacial score (nSPS) is 13.9. The van der Waals surface area contributed by atoms with E-state index < -0.39 is 55.0 Å².